The van der Waals surface area contributed by atoms with Crippen molar-refractivity contribution in [1.82, 2.24) is 15.2 Å². The van der Waals surface area contributed by atoms with Crippen LogP contribution < -0.4 is 5.32 Å². The molecule has 0 fully saturated rings. The molecule has 1 N–H and O–H groups in total. The van der Waals surface area contributed by atoms with E-state index in [1.165, 1.54) is 11.3 Å². The summed E-state index contributed by atoms with van der Waals surface area (Å²) in [6.07, 6.45) is 0. The molecule has 21 heavy (non-hydrogen) atoms. The second kappa shape index (κ2) is 7.11. The number of urea groups is 1. The molecular weight excluding hydrogens is 329 g/mol. The summed E-state index contributed by atoms with van der Waals surface area (Å²) in [5, 5.41) is 5.94. The summed E-state index contributed by atoms with van der Waals surface area (Å²) in [5.41, 5.74) is 3.45. The van der Waals surface area contributed by atoms with E-state index in [4.69, 9.17) is 23.2 Å². The number of hydrogen-bond donors (Lipinski definition) is 1. The van der Waals surface area contributed by atoms with Crippen LogP contribution in [0.5, 0.6) is 0 Å². The predicted molar refractivity (Wildman–Crippen MR) is 87.0 cm³/mol. The van der Waals surface area contributed by atoms with Crippen LogP contribution in [0.1, 0.15) is 24.2 Å². The highest BCUT2D eigenvalue weighted by Gasteiger charge is 2.16. The highest BCUT2D eigenvalue weighted by molar-refractivity contribution is 7.07. The molecule has 0 saturated heterocycles. The predicted octanol–water partition coefficient (Wildman–Crippen LogP) is 4.35. The topological polar surface area (TPSA) is 45.2 Å². The maximum atomic E-state index is 12.2. The van der Waals surface area contributed by atoms with E-state index in [-0.39, 0.29) is 12.1 Å². The fourth-order valence-electron chi connectivity index (χ4n) is 1.86. The van der Waals surface area contributed by atoms with Gasteiger partial charge in [-0.1, -0.05) is 29.3 Å². The zero-order valence-corrected chi connectivity index (χ0v) is 14.0. The summed E-state index contributed by atoms with van der Waals surface area (Å²) in [6.45, 7) is 2.35. The first-order chi connectivity index (χ1) is 9.97. The Kier molecular flexibility index (Phi) is 5.45. The minimum Gasteiger partial charge on any atom is -0.331 e. The summed E-state index contributed by atoms with van der Waals surface area (Å²) in [5.74, 6) is 0. The lowest BCUT2D eigenvalue weighted by atomic mass is 10.1. The Bertz CT molecular complexity index is 619. The van der Waals surface area contributed by atoms with E-state index in [2.05, 4.69) is 10.3 Å². The molecule has 0 saturated carbocycles. The van der Waals surface area contributed by atoms with Crippen LogP contribution in [0.3, 0.4) is 0 Å². The third-order valence-corrected chi connectivity index (χ3v) is 4.20. The van der Waals surface area contributed by atoms with Crippen molar-refractivity contribution in [3.63, 3.8) is 0 Å². The second-order valence-electron chi connectivity index (χ2n) is 4.67. The molecule has 1 aromatic heterocycles. The number of hydrogen-bond acceptors (Lipinski definition) is 3. The van der Waals surface area contributed by atoms with Crippen molar-refractivity contribution in [2.75, 3.05) is 7.05 Å². The van der Waals surface area contributed by atoms with E-state index in [1.807, 2.05) is 18.4 Å². The minimum atomic E-state index is -0.208. The van der Waals surface area contributed by atoms with Crippen molar-refractivity contribution >= 4 is 40.6 Å². The largest absolute Gasteiger partial charge is 0.331 e. The number of carbonyl (C=O) groups excluding carboxylic acids is 1. The number of aromatic nitrogens is 1. The van der Waals surface area contributed by atoms with Gasteiger partial charge < -0.3 is 10.2 Å². The number of amides is 2. The normalized spacial score (nSPS) is 12.0. The lowest BCUT2D eigenvalue weighted by molar-refractivity contribution is 0.203. The molecule has 0 aliphatic rings. The molecule has 0 radical (unpaired) electrons. The van der Waals surface area contributed by atoms with E-state index in [0.29, 0.717) is 16.6 Å². The Labute approximate surface area is 137 Å². The summed E-state index contributed by atoms with van der Waals surface area (Å²) >= 11 is 13.5. The van der Waals surface area contributed by atoms with Crippen LogP contribution in [0.2, 0.25) is 10.0 Å². The van der Waals surface area contributed by atoms with Crippen LogP contribution in [0.25, 0.3) is 0 Å². The van der Waals surface area contributed by atoms with Crippen LogP contribution in [-0.2, 0) is 6.54 Å². The lowest BCUT2D eigenvalue weighted by Gasteiger charge is -2.21. The standard InChI is InChI=1S/C14H15Cl2N3OS/c1-9(12-4-3-10(15)5-13(12)16)18-14(20)19(2)6-11-7-21-8-17-11/h3-5,7-9H,6H2,1-2H3,(H,18,20)/t9-/m0/s1. The van der Waals surface area contributed by atoms with Crippen LogP contribution >= 0.6 is 34.5 Å². The van der Waals surface area contributed by atoms with E-state index in [1.54, 1.807) is 29.6 Å². The van der Waals surface area contributed by atoms with Gasteiger partial charge in [-0.25, -0.2) is 9.78 Å². The van der Waals surface area contributed by atoms with Gasteiger partial charge in [0.15, 0.2) is 0 Å². The monoisotopic (exact) mass is 343 g/mol. The number of nitrogens with zero attached hydrogens (tertiary/aromatic N) is 2. The molecule has 2 rings (SSSR count). The first kappa shape index (κ1) is 16.1. The number of nitrogens with one attached hydrogen (secondary N) is 1. The molecule has 1 aromatic carbocycles. The molecule has 0 unspecified atom stereocenters. The van der Waals surface area contributed by atoms with Gasteiger partial charge in [-0.05, 0) is 24.6 Å². The van der Waals surface area contributed by atoms with Crippen molar-refractivity contribution in [2.24, 2.45) is 0 Å². The Balaban J connectivity index is 1.98. The molecule has 0 bridgehead atoms. The number of rotatable bonds is 4. The number of halogens is 2. The quantitative estimate of drug-likeness (QED) is 0.896. The van der Waals surface area contributed by atoms with Gasteiger partial charge in [-0.2, -0.15) is 0 Å². The van der Waals surface area contributed by atoms with Crippen molar-refractivity contribution in [1.29, 1.82) is 0 Å². The summed E-state index contributed by atoms with van der Waals surface area (Å²) in [7, 11) is 1.73. The highest BCUT2D eigenvalue weighted by atomic mass is 35.5. The SMILES string of the molecule is C[C@H](NC(=O)N(C)Cc1cscn1)c1ccc(Cl)cc1Cl. The van der Waals surface area contributed by atoms with Gasteiger partial charge in [-0.3, -0.25) is 0 Å². The molecule has 112 valence electrons. The molecule has 1 heterocycles. The maximum absolute atomic E-state index is 12.2. The molecule has 7 heteroatoms. The van der Waals surface area contributed by atoms with Crippen LogP contribution in [0, 0.1) is 0 Å². The Hall–Kier alpha value is -1.30. The molecule has 1 atom stereocenters. The van der Waals surface area contributed by atoms with Crippen molar-refractivity contribution in [3.05, 3.63) is 50.4 Å². The average molecular weight is 344 g/mol. The minimum absolute atomic E-state index is 0.179. The third-order valence-electron chi connectivity index (χ3n) is 3.00. The highest BCUT2D eigenvalue weighted by Crippen LogP contribution is 2.26. The zero-order chi connectivity index (χ0) is 15.4. The van der Waals surface area contributed by atoms with E-state index < -0.39 is 0 Å². The average Bonchev–Trinajstić information content (AvgIpc) is 2.91. The van der Waals surface area contributed by atoms with Crippen molar-refractivity contribution < 1.29 is 4.79 Å². The molecule has 2 amide bonds. The molecule has 0 aliphatic carbocycles. The Morgan fingerprint density at radius 2 is 2.24 bits per heavy atom. The van der Waals surface area contributed by atoms with Gasteiger partial charge in [0, 0.05) is 22.5 Å². The fraction of sp³-hybridized carbons (Fsp3) is 0.286. The zero-order valence-electron chi connectivity index (χ0n) is 11.6. The van der Waals surface area contributed by atoms with Gasteiger partial charge in [0.25, 0.3) is 0 Å². The number of carbonyl (C=O) groups is 1. The third kappa shape index (κ3) is 4.33. The van der Waals surface area contributed by atoms with E-state index in [0.717, 1.165) is 11.3 Å². The first-order valence-electron chi connectivity index (χ1n) is 6.31. The van der Waals surface area contributed by atoms with Crippen molar-refractivity contribution in [2.45, 2.75) is 19.5 Å². The number of benzene rings is 1. The maximum Gasteiger partial charge on any atom is 0.317 e. The first-order valence-corrected chi connectivity index (χ1v) is 8.01. The van der Waals surface area contributed by atoms with Gasteiger partial charge in [0.1, 0.15) is 0 Å². The van der Waals surface area contributed by atoms with Crippen LogP contribution in [-0.4, -0.2) is 23.0 Å². The Morgan fingerprint density at radius 3 is 2.86 bits per heavy atom. The number of thiazole rings is 1. The van der Waals surface area contributed by atoms with Crippen LogP contribution in [0.15, 0.2) is 29.1 Å². The van der Waals surface area contributed by atoms with Gasteiger partial charge in [0.05, 0.1) is 23.8 Å². The summed E-state index contributed by atoms with van der Waals surface area (Å²) in [4.78, 5) is 17.9. The van der Waals surface area contributed by atoms with Crippen LogP contribution in [0.4, 0.5) is 4.79 Å². The lowest BCUT2D eigenvalue weighted by Crippen LogP contribution is -2.38. The van der Waals surface area contributed by atoms with Gasteiger partial charge >= 0.3 is 6.03 Å². The molecular formula is C14H15Cl2N3OS. The molecule has 0 spiro atoms. The van der Waals surface area contributed by atoms with Gasteiger partial charge in [-0.15, -0.1) is 11.3 Å². The van der Waals surface area contributed by atoms with E-state index >= 15 is 0 Å². The second-order valence-corrected chi connectivity index (χ2v) is 6.24. The molecule has 4 nitrogen and oxygen atoms in total. The fourth-order valence-corrected chi connectivity index (χ4v) is 2.98. The molecule has 2 aromatic rings. The van der Waals surface area contributed by atoms with E-state index in [9.17, 15) is 4.79 Å². The Morgan fingerprint density at radius 1 is 1.48 bits per heavy atom. The van der Waals surface area contributed by atoms with Gasteiger partial charge in [0.2, 0.25) is 0 Å². The summed E-state index contributed by atoms with van der Waals surface area (Å²) < 4.78 is 0. The van der Waals surface area contributed by atoms with Crippen molar-refractivity contribution in [3.8, 4) is 0 Å². The smallest absolute Gasteiger partial charge is 0.317 e. The molecule has 0 aliphatic heterocycles. The summed E-state index contributed by atoms with van der Waals surface area (Å²) in [6, 6.07) is 4.85.